The first kappa shape index (κ1) is 9.21. The van der Waals surface area contributed by atoms with Crippen LogP contribution in [0.2, 0.25) is 0 Å². The number of nitrogens with zero attached hydrogens (tertiary/aromatic N) is 2. The normalized spacial score (nSPS) is 10.7. The third kappa shape index (κ3) is 1.77. The van der Waals surface area contributed by atoms with Crippen LogP contribution in [0.1, 0.15) is 17.3 Å². The highest BCUT2D eigenvalue weighted by molar-refractivity contribution is 7.71. The molecule has 2 aromatic heterocycles. The van der Waals surface area contributed by atoms with Crippen LogP contribution in [0.15, 0.2) is 16.8 Å². The number of rotatable bonds is 2. The van der Waals surface area contributed by atoms with Crippen molar-refractivity contribution in [3.63, 3.8) is 0 Å². The maximum absolute atomic E-state index is 5.36. The molecule has 0 bridgehead atoms. The second-order valence-corrected chi connectivity index (χ2v) is 3.62. The van der Waals surface area contributed by atoms with Gasteiger partial charge in [0, 0.05) is 11.9 Å². The van der Waals surface area contributed by atoms with E-state index in [-0.39, 0.29) is 0 Å². The highest BCUT2D eigenvalue weighted by atomic mass is 32.1. The average Bonchev–Trinajstić information content (AvgIpc) is 2.61. The van der Waals surface area contributed by atoms with Gasteiger partial charge in [-0.05, 0) is 26.1 Å². The van der Waals surface area contributed by atoms with Gasteiger partial charge in [0.2, 0.25) is 5.89 Å². The molecule has 74 valence electrons. The lowest BCUT2D eigenvalue weighted by Crippen LogP contribution is -1.97. The molecule has 5 heteroatoms. The Labute approximate surface area is 86.6 Å². The van der Waals surface area contributed by atoms with E-state index < -0.39 is 0 Å². The molecule has 0 aliphatic heterocycles. The summed E-state index contributed by atoms with van der Waals surface area (Å²) in [5, 5.41) is 0. The molecular weight excluding hydrogens is 198 g/mol. The van der Waals surface area contributed by atoms with Gasteiger partial charge in [-0.2, -0.15) is 0 Å². The molecule has 0 amide bonds. The molecule has 0 atom stereocenters. The summed E-state index contributed by atoms with van der Waals surface area (Å²) in [5.74, 6) is 1.50. The monoisotopic (exact) mass is 209 g/mol. The minimum absolute atomic E-state index is 0.580. The van der Waals surface area contributed by atoms with Crippen LogP contribution in [0.5, 0.6) is 0 Å². The van der Waals surface area contributed by atoms with Crippen LogP contribution in [0, 0.1) is 18.6 Å². The molecule has 0 saturated carbocycles. The van der Waals surface area contributed by atoms with E-state index in [1.54, 1.807) is 6.20 Å². The van der Waals surface area contributed by atoms with Crippen LogP contribution < -0.4 is 0 Å². The number of oxazole rings is 1. The maximum atomic E-state index is 5.36. The lowest BCUT2D eigenvalue weighted by molar-refractivity contribution is 0.456. The molecule has 0 saturated heterocycles. The van der Waals surface area contributed by atoms with Crippen molar-refractivity contribution in [2.45, 2.75) is 20.4 Å². The first-order valence-electron chi connectivity index (χ1n) is 4.32. The molecule has 2 rings (SSSR count). The van der Waals surface area contributed by atoms with Crippen LogP contribution >= 0.6 is 12.2 Å². The summed E-state index contributed by atoms with van der Waals surface area (Å²) >= 11 is 5.12. The van der Waals surface area contributed by atoms with E-state index in [4.69, 9.17) is 16.6 Å². The Bertz CT molecular complexity index is 494. The molecule has 0 unspecified atom stereocenters. The fourth-order valence-corrected chi connectivity index (χ4v) is 1.58. The van der Waals surface area contributed by atoms with Crippen molar-refractivity contribution in [2.75, 3.05) is 0 Å². The SMILES string of the molecule is Cc1cn(Cc2ncc(C)o2)c(=S)[nH]1. The summed E-state index contributed by atoms with van der Waals surface area (Å²) < 4.78 is 7.95. The van der Waals surface area contributed by atoms with Crippen LogP contribution in [0.4, 0.5) is 0 Å². The molecule has 2 aromatic rings. The van der Waals surface area contributed by atoms with Gasteiger partial charge in [-0.15, -0.1) is 0 Å². The average molecular weight is 209 g/mol. The number of H-pyrrole nitrogens is 1. The minimum atomic E-state index is 0.580. The number of aromatic amines is 1. The number of hydrogen-bond donors (Lipinski definition) is 1. The third-order valence-electron chi connectivity index (χ3n) is 1.89. The van der Waals surface area contributed by atoms with Crippen molar-refractivity contribution >= 4 is 12.2 Å². The number of aryl methyl sites for hydroxylation is 2. The van der Waals surface area contributed by atoms with E-state index in [0.29, 0.717) is 17.2 Å². The minimum Gasteiger partial charge on any atom is -0.444 e. The molecule has 2 heterocycles. The smallest absolute Gasteiger partial charge is 0.214 e. The largest absolute Gasteiger partial charge is 0.444 e. The van der Waals surface area contributed by atoms with E-state index in [1.807, 2.05) is 24.6 Å². The number of imidazole rings is 1. The van der Waals surface area contributed by atoms with Crippen molar-refractivity contribution in [2.24, 2.45) is 0 Å². The highest BCUT2D eigenvalue weighted by Gasteiger charge is 2.03. The van der Waals surface area contributed by atoms with Crippen molar-refractivity contribution in [1.82, 2.24) is 14.5 Å². The number of nitrogens with one attached hydrogen (secondary N) is 1. The molecule has 1 N–H and O–H groups in total. The second-order valence-electron chi connectivity index (χ2n) is 3.23. The Hall–Kier alpha value is -1.36. The van der Waals surface area contributed by atoms with Gasteiger partial charge in [-0.3, -0.25) is 0 Å². The Morgan fingerprint density at radius 1 is 1.57 bits per heavy atom. The zero-order valence-corrected chi connectivity index (χ0v) is 8.89. The summed E-state index contributed by atoms with van der Waals surface area (Å²) in [7, 11) is 0. The van der Waals surface area contributed by atoms with Crippen LogP contribution in [0.3, 0.4) is 0 Å². The Morgan fingerprint density at radius 2 is 2.36 bits per heavy atom. The van der Waals surface area contributed by atoms with E-state index in [0.717, 1.165) is 11.5 Å². The quantitative estimate of drug-likeness (QED) is 0.771. The Morgan fingerprint density at radius 3 is 2.86 bits per heavy atom. The predicted molar refractivity (Wildman–Crippen MR) is 54.7 cm³/mol. The molecule has 0 aromatic carbocycles. The molecule has 4 nitrogen and oxygen atoms in total. The van der Waals surface area contributed by atoms with Crippen molar-refractivity contribution < 1.29 is 4.42 Å². The zero-order valence-electron chi connectivity index (χ0n) is 8.07. The van der Waals surface area contributed by atoms with Crippen molar-refractivity contribution in [3.8, 4) is 0 Å². The zero-order chi connectivity index (χ0) is 10.1. The van der Waals surface area contributed by atoms with Gasteiger partial charge < -0.3 is 14.0 Å². The van der Waals surface area contributed by atoms with Crippen LogP contribution in [-0.4, -0.2) is 14.5 Å². The van der Waals surface area contributed by atoms with Gasteiger partial charge in [0.05, 0.1) is 6.20 Å². The van der Waals surface area contributed by atoms with E-state index in [1.165, 1.54) is 0 Å². The topological polar surface area (TPSA) is 46.8 Å². The molecule has 0 radical (unpaired) electrons. The molecule has 0 fully saturated rings. The van der Waals surface area contributed by atoms with Crippen molar-refractivity contribution in [1.29, 1.82) is 0 Å². The Balaban J connectivity index is 2.26. The van der Waals surface area contributed by atoms with E-state index in [9.17, 15) is 0 Å². The van der Waals surface area contributed by atoms with E-state index >= 15 is 0 Å². The first-order chi connectivity index (χ1) is 6.65. The standard InChI is InChI=1S/C9H11N3OS/c1-6-4-12(9(14)11-6)5-8-10-3-7(2)13-8/h3-4H,5H2,1-2H3,(H,11,14). The van der Waals surface area contributed by atoms with Crippen LogP contribution in [0.25, 0.3) is 0 Å². The predicted octanol–water partition coefficient (Wildman–Crippen LogP) is 2.20. The van der Waals surface area contributed by atoms with Crippen molar-refractivity contribution in [3.05, 3.63) is 34.5 Å². The molecular formula is C9H11N3OS. The highest BCUT2D eigenvalue weighted by Crippen LogP contribution is 2.05. The van der Waals surface area contributed by atoms with Gasteiger partial charge in [-0.1, -0.05) is 0 Å². The van der Waals surface area contributed by atoms with Gasteiger partial charge in [0.25, 0.3) is 0 Å². The lowest BCUT2D eigenvalue weighted by Gasteiger charge is -1.96. The van der Waals surface area contributed by atoms with Gasteiger partial charge in [-0.25, -0.2) is 4.98 Å². The maximum Gasteiger partial charge on any atom is 0.214 e. The fraction of sp³-hybridized carbons (Fsp3) is 0.333. The van der Waals surface area contributed by atoms with Crippen LogP contribution in [-0.2, 0) is 6.54 Å². The summed E-state index contributed by atoms with van der Waals surface area (Å²) in [4.78, 5) is 7.16. The summed E-state index contributed by atoms with van der Waals surface area (Å²) in [6.07, 6.45) is 3.65. The molecule has 0 aliphatic rings. The molecule has 0 spiro atoms. The van der Waals surface area contributed by atoms with Gasteiger partial charge in [0.1, 0.15) is 12.3 Å². The van der Waals surface area contributed by atoms with E-state index in [2.05, 4.69) is 9.97 Å². The lowest BCUT2D eigenvalue weighted by atomic mass is 10.5. The summed E-state index contributed by atoms with van der Waals surface area (Å²) in [6, 6.07) is 0. The summed E-state index contributed by atoms with van der Waals surface area (Å²) in [5.41, 5.74) is 1.04. The number of aromatic nitrogens is 3. The molecule has 0 aliphatic carbocycles. The summed E-state index contributed by atoms with van der Waals surface area (Å²) in [6.45, 7) is 4.42. The molecule has 14 heavy (non-hydrogen) atoms. The second kappa shape index (κ2) is 3.42. The first-order valence-corrected chi connectivity index (χ1v) is 4.73. The number of hydrogen-bond acceptors (Lipinski definition) is 3. The van der Waals surface area contributed by atoms with Gasteiger partial charge in [0.15, 0.2) is 4.77 Å². The third-order valence-corrected chi connectivity index (χ3v) is 2.23. The van der Waals surface area contributed by atoms with Gasteiger partial charge >= 0.3 is 0 Å². The Kier molecular flexibility index (Phi) is 2.25. The fourth-order valence-electron chi connectivity index (χ4n) is 1.30.